The van der Waals surface area contributed by atoms with E-state index in [1.165, 1.54) is 32.5 Å². The summed E-state index contributed by atoms with van der Waals surface area (Å²) in [5.74, 6) is 0.769. The largest absolute Gasteiger partial charge is 0.361 e. The van der Waals surface area contributed by atoms with E-state index >= 15 is 0 Å². The lowest BCUT2D eigenvalue weighted by atomic mass is 10.1. The van der Waals surface area contributed by atoms with Crippen LogP contribution in [0.4, 0.5) is 0 Å². The third kappa shape index (κ3) is 5.79. The van der Waals surface area contributed by atoms with E-state index in [-0.39, 0.29) is 36.4 Å². The number of aryl methyl sites for hydroxylation is 1. The highest BCUT2D eigenvalue weighted by Crippen LogP contribution is 2.24. The van der Waals surface area contributed by atoms with Gasteiger partial charge in [-0.1, -0.05) is 12.1 Å². The molecule has 1 aliphatic rings. The number of rotatable bonds is 6. The quantitative estimate of drug-likeness (QED) is 0.248. The molecular formula is C23H30IN5OS. The zero-order valence-corrected chi connectivity index (χ0v) is 21.2. The molecule has 2 aromatic heterocycles. The SMILES string of the molecule is CCNC(=NCC(=O)N1CCc2sccc2C1)NCCc1c[nH]c2cc(C)ccc12.I. The third-order valence-electron chi connectivity index (χ3n) is 5.49. The average Bonchev–Trinajstić information content (AvgIpc) is 3.37. The highest BCUT2D eigenvalue weighted by Gasteiger charge is 2.21. The van der Waals surface area contributed by atoms with Crippen LogP contribution in [0.25, 0.3) is 10.9 Å². The molecule has 6 nitrogen and oxygen atoms in total. The summed E-state index contributed by atoms with van der Waals surface area (Å²) in [6.45, 7) is 7.30. The number of guanidine groups is 1. The van der Waals surface area contributed by atoms with Crippen LogP contribution < -0.4 is 10.6 Å². The maximum Gasteiger partial charge on any atom is 0.244 e. The van der Waals surface area contributed by atoms with Crippen molar-refractivity contribution in [2.75, 3.05) is 26.2 Å². The standard InChI is InChI=1S/C23H29N5OS.HI/c1-3-24-23(25-9-6-17-13-26-20-12-16(2)4-5-19(17)20)27-14-22(29)28-10-7-21-18(15-28)8-11-30-21;/h4-5,8,11-13,26H,3,6-7,9-10,14-15H2,1-2H3,(H2,24,25,27);1H. The van der Waals surface area contributed by atoms with Crippen LogP contribution in [-0.2, 0) is 24.2 Å². The molecule has 166 valence electrons. The Hall–Kier alpha value is -2.07. The zero-order valence-electron chi connectivity index (χ0n) is 18.0. The highest BCUT2D eigenvalue weighted by molar-refractivity contribution is 14.0. The number of H-pyrrole nitrogens is 1. The summed E-state index contributed by atoms with van der Waals surface area (Å²) in [6.07, 6.45) is 3.91. The van der Waals surface area contributed by atoms with Gasteiger partial charge in [-0.2, -0.15) is 0 Å². The minimum atomic E-state index is 0. The molecule has 0 saturated carbocycles. The van der Waals surface area contributed by atoms with Crippen molar-refractivity contribution in [2.24, 2.45) is 4.99 Å². The molecule has 0 saturated heterocycles. The van der Waals surface area contributed by atoms with E-state index in [0.29, 0.717) is 12.5 Å². The molecule has 0 unspecified atom stereocenters. The summed E-state index contributed by atoms with van der Waals surface area (Å²) in [5.41, 5.74) is 4.99. The molecule has 8 heteroatoms. The molecule has 4 rings (SSSR count). The van der Waals surface area contributed by atoms with E-state index in [1.807, 2.05) is 11.8 Å². The Balaban J connectivity index is 0.00000272. The van der Waals surface area contributed by atoms with E-state index in [2.05, 4.69) is 63.4 Å². The predicted octanol–water partition coefficient (Wildman–Crippen LogP) is 3.84. The van der Waals surface area contributed by atoms with Gasteiger partial charge in [-0.05, 0) is 60.9 Å². The van der Waals surface area contributed by atoms with Crippen LogP contribution in [0.5, 0.6) is 0 Å². The number of benzene rings is 1. The third-order valence-corrected chi connectivity index (χ3v) is 6.51. The molecule has 0 aliphatic carbocycles. The number of halogens is 1. The minimum Gasteiger partial charge on any atom is -0.361 e. The Morgan fingerprint density at radius 2 is 2.16 bits per heavy atom. The van der Waals surface area contributed by atoms with Gasteiger partial charge in [0.15, 0.2) is 5.96 Å². The van der Waals surface area contributed by atoms with Gasteiger partial charge in [0.25, 0.3) is 0 Å². The lowest BCUT2D eigenvalue weighted by molar-refractivity contribution is -0.130. The number of amides is 1. The fraction of sp³-hybridized carbons (Fsp3) is 0.391. The van der Waals surface area contributed by atoms with Crippen LogP contribution in [0.1, 0.15) is 28.5 Å². The second kappa shape index (κ2) is 11.0. The van der Waals surface area contributed by atoms with Crippen molar-refractivity contribution in [1.82, 2.24) is 20.5 Å². The molecule has 1 aliphatic heterocycles. The molecule has 0 bridgehead atoms. The van der Waals surface area contributed by atoms with Crippen molar-refractivity contribution in [3.05, 3.63) is 57.4 Å². The molecule has 1 amide bonds. The van der Waals surface area contributed by atoms with Crippen molar-refractivity contribution in [3.8, 4) is 0 Å². The van der Waals surface area contributed by atoms with Gasteiger partial charge < -0.3 is 20.5 Å². The van der Waals surface area contributed by atoms with Crippen molar-refractivity contribution < 1.29 is 4.79 Å². The zero-order chi connectivity index (χ0) is 20.9. The number of aliphatic imine (C=N–C) groups is 1. The van der Waals surface area contributed by atoms with E-state index in [4.69, 9.17) is 0 Å². The Kier molecular flexibility index (Phi) is 8.36. The smallest absolute Gasteiger partial charge is 0.244 e. The molecule has 1 aromatic carbocycles. The topological polar surface area (TPSA) is 72.5 Å². The molecule has 3 N–H and O–H groups in total. The number of thiophene rings is 1. The first-order chi connectivity index (χ1) is 14.6. The van der Waals surface area contributed by atoms with Crippen LogP contribution in [0, 0.1) is 6.92 Å². The highest BCUT2D eigenvalue weighted by atomic mass is 127. The van der Waals surface area contributed by atoms with Crippen molar-refractivity contribution in [3.63, 3.8) is 0 Å². The Bertz CT molecular complexity index is 1060. The van der Waals surface area contributed by atoms with E-state index in [0.717, 1.165) is 32.5 Å². The predicted molar refractivity (Wildman–Crippen MR) is 140 cm³/mol. The monoisotopic (exact) mass is 551 g/mol. The van der Waals surface area contributed by atoms with Gasteiger partial charge in [-0.15, -0.1) is 35.3 Å². The molecule has 0 spiro atoms. The molecule has 0 atom stereocenters. The molecule has 31 heavy (non-hydrogen) atoms. The molecular weight excluding hydrogens is 521 g/mol. The number of hydrogen-bond acceptors (Lipinski definition) is 3. The number of aromatic nitrogens is 1. The van der Waals surface area contributed by atoms with E-state index < -0.39 is 0 Å². The Morgan fingerprint density at radius 1 is 1.29 bits per heavy atom. The summed E-state index contributed by atoms with van der Waals surface area (Å²) in [5, 5.41) is 9.97. The van der Waals surface area contributed by atoms with E-state index in [9.17, 15) is 4.79 Å². The van der Waals surface area contributed by atoms with Crippen LogP contribution in [0.15, 0.2) is 40.8 Å². The number of carbonyl (C=O) groups excluding carboxylic acids is 1. The van der Waals surface area contributed by atoms with Crippen LogP contribution in [0.3, 0.4) is 0 Å². The van der Waals surface area contributed by atoms with Gasteiger partial charge in [0.2, 0.25) is 5.91 Å². The van der Waals surface area contributed by atoms with E-state index in [1.54, 1.807) is 11.3 Å². The van der Waals surface area contributed by atoms with Crippen LogP contribution in [0.2, 0.25) is 0 Å². The first-order valence-electron chi connectivity index (χ1n) is 10.6. The molecule has 0 fully saturated rings. The lowest BCUT2D eigenvalue weighted by Gasteiger charge is -2.26. The number of aromatic amines is 1. The van der Waals surface area contributed by atoms with Crippen molar-refractivity contribution in [1.29, 1.82) is 0 Å². The first kappa shape index (κ1) is 23.6. The molecule has 3 aromatic rings. The summed E-state index contributed by atoms with van der Waals surface area (Å²) in [7, 11) is 0. The summed E-state index contributed by atoms with van der Waals surface area (Å²) in [6, 6.07) is 8.61. The first-order valence-corrected chi connectivity index (χ1v) is 11.4. The molecule has 0 radical (unpaired) electrons. The molecule has 3 heterocycles. The second-order valence-electron chi connectivity index (χ2n) is 7.67. The lowest BCUT2D eigenvalue weighted by Crippen LogP contribution is -2.40. The van der Waals surface area contributed by atoms with Gasteiger partial charge in [0, 0.05) is 48.2 Å². The number of carbonyl (C=O) groups is 1. The Morgan fingerprint density at radius 3 is 3.00 bits per heavy atom. The normalized spacial score (nSPS) is 13.6. The van der Waals surface area contributed by atoms with Gasteiger partial charge in [-0.3, -0.25) is 4.79 Å². The fourth-order valence-electron chi connectivity index (χ4n) is 3.87. The fourth-order valence-corrected chi connectivity index (χ4v) is 4.76. The average molecular weight is 551 g/mol. The van der Waals surface area contributed by atoms with Crippen molar-refractivity contribution in [2.45, 2.75) is 33.2 Å². The maximum atomic E-state index is 12.6. The second-order valence-corrected chi connectivity index (χ2v) is 8.67. The number of fused-ring (bicyclic) bond motifs is 2. The van der Waals surface area contributed by atoms with Crippen LogP contribution >= 0.6 is 35.3 Å². The number of nitrogens with one attached hydrogen (secondary N) is 3. The minimum absolute atomic E-state index is 0. The number of hydrogen-bond donors (Lipinski definition) is 3. The van der Waals surface area contributed by atoms with Crippen molar-refractivity contribution >= 4 is 58.1 Å². The maximum absolute atomic E-state index is 12.6. The number of nitrogens with zero attached hydrogens (tertiary/aromatic N) is 2. The van der Waals surface area contributed by atoms with Crippen LogP contribution in [-0.4, -0.2) is 47.9 Å². The van der Waals surface area contributed by atoms with Gasteiger partial charge in [0.1, 0.15) is 6.54 Å². The summed E-state index contributed by atoms with van der Waals surface area (Å²) < 4.78 is 0. The van der Waals surface area contributed by atoms with Gasteiger partial charge >= 0.3 is 0 Å². The van der Waals surface area contributed by atoms with Gasteiger partial charge in [0.05, 0.1) is 0 Å². The summed E-state index contributed by atoms with van der Waals surface area (Å²) in [4.78, 5) is 23.8. The van der Waals surface area contributed by atoms with Gasteiger partial charge in [-0.25, -0.2) is 4.99 Å². The Labute approximate surface area is 204 Å². The summed E-state index contributed by atoms with van der Waals surface area (Å²) >= 11 is 1.79.